The predicted octanol–water partition coefficient (Wildman–Crippen LogP) is 2.68. The maximum atomic E-state index is 12.9. The Labute approximate surface area is 187 Å². The molecule has 2 aliphatic heterocycles. The van der Waals surface area contributed by atoms with Crippen LogP contribution in [0, 0.1) is 6.92 Å². The molecule has 0 atom stereocenters. The number of piperidine rings is 1. The van der Waals surface area contributed by atoms with E-state index in [1.165, 1.54) is 4.90 Å². The molecule has 7 heteroatoms. The minimum atomic E-state index is -0.146. The molecule has 166 valence electrons. The van der Waals surface area contributed by atoms with Gasteiger partial charge in [0.25, 0.3) is 11.8 Å². The van der Waals surface area contributed by atoms with Gasteiger partial charge < -0.3 is 10.2 Å². The average Bonchev–Trinajstić information content (AvgIpc) is 3.12. The highest BCUT2D eigenvalue weighted by atomic mass is 16.2. The summed E-state index contributed by atoms with van der Waals surface area (Å²) in [4.78, 5) is 52.0. The summed E-state index contributed by atoms with van der Waals surface area (Å²) < 4.78 is 0. The first-order valence-corrected chi connectivity index (χ1v) is 11.0. The van der Waals surface area contributed by atoms with E-state index in [0.29, 0.717) is 37.1 Å². The first-order valence-electron chi connectivity index (χ1n) is 11.0. The molecule has 2 aromatic rings. The Morgan fingerprint density at radius 2 is 1.56 bits per heavy atom. The third-order valence-electron chi connectivity index (χ3n) is 6.20. The van der Waals surface area contributed by atoms with E-state index in [1.807, 2.05) is 31.2 Å². The number of hydrogen-bond donors (Lipinski definition) is 1. The minimum Gasteiger partial charge on any atom is -0.349 e. The van der Waals surface area contributed by atoms with Crippen molar-refractivity contribution in [3.05, 3.63) is 70.8 Å². The van der Waals surface area contributed by atoms with Crippen LogP contribution in [0.3, 0.4) is 0 Å². The number of benzene rings is 2. The molecule has 0 saturated carbocycles. The van der Waals surface area contributed by atoms with Gasteiger partial charge in [0.2, 0.25) is 11.8 Å². The number of carbonyl (C=O) groups is 4. The fraction of sp³-hybridized carbons (Fsp3) is 0.360. The molecule has 0 spiro atoms. The lowest BCUT2D eigenvalue weighted by molar-refractivity contribution is -0.139. The molecule has 0 aromatic heterocycles. The smallest absolute Gasteiger partial charge is 0.253 e. The Morgan fingerprint density at radius 1 is 0.938 bits per heavy atom. The summed E-state index contributed by atoms with van der Waals surface area (Å²) >= 11 is 0. The minimum absolute atomic E-state index is 0.0454. The van der Waals surface area contributed by atoms with Crippen molar-refractivity contribution in [2.24, 2.45) is 0 Å². The zero-order valence-electron chi connectivity index (χ0n) is 18.2. The van der Waals surface area contributed by atoms with E-state index in [1.54, 1.807) is 29.2 Å². The third-order valence-corrected chi connectivity index (χ3v) is 6.20. The Bertz CT molecular complexity index is 1020. The van der Waals surface area contributed by atoms with Crippen LogP contribution in [0.2, 0.25) is 0 Å². The maximum absolute atomic E-state index is 12.9. The highest BCUT2D eigenvalue weighted by Gasteiger charge is 2.29. The van der Waals surface area contributed by atoms with Crippen LogP contribution in [0.15, 0.2) is 48.5 Å². The van der Waals surface area contributed by atoms with Crippen molar-refractivity contribution < 1.29 is 19.2 Å². The van der Waals surface area contributed by atoms with Gasteiger partial charge in [-0.2, -0.15) is 0 Å². The molecule has 2 heterocycles. The Kier molecular flexibility index (Phi) is 6.35. The van der Waals surface area contributed by atoms with Gasteiger partial charge in [-0.25, -0.2) is 0 Å². The zero-order valence-corrected chi connectivity index (χ0v) is 18.2. The summed E-state index contributed by atoms with van der Waals surface area (Å²) in [6.07, 6.45) is 1.97. The number of imide groups is 1. The summed E-state index contributed by atoms with van der Waals surface area (Å²) in [6, 6.07) is 14.6. The van der Waals surface area contributed by atoms with Crippen LogP contribution in [0.25, 0.3) is 0 Å². The SMILES string of the molecule is Cc1ccccc1C(=O)NC1CCN(C(=O)c2ccc(CN3C(=O)CCC3=O)cc2)CC1. The second-order valence-electron chi connectivity index (χ2n) is 8.43. The predicted molar refractivity (Wildman–Crippen MR) is 119 cm³/mol. The number of likely N-dealkylation sites (tertiary alicyclic amines) is 2. The molecule has 2 saturated heterocycles. The fourth-order valence-electron chi connectivity index (χ4n) is 4.23. The standard InChI is InChI=1S/C25H27N3O4/c1-17-4-2-3-5-21(17)24(31)26-20-12-14-27(15-13-20)25(32)19-8-6-18(7-9-19)16-28-22(29)10-11-23(28)30/h2-9,20H,10-16H2,1H3,(H,26,31). The van der Waals surface area contributed by atoms with Gasteiger partial charge in [-0.3, -0.25) is 24.1 Å². The highest BCUT2D eigenvalue weighted by Crippen LogP contribution is 2.18. The van der Waals surface area contributed by atoms with Crippen molar-refractivity contribution in [3.63, 3.8) is 0 Å². The molecule has 0 aliphatic carbocycles. The lowest BCUT2D eigenvalue weighted by Gasteiger charge is -2.32. The molecule has 0 unspecified atom stereocenters. The van der Waals surface area contributed by atoms with Crippen molar-refractivity contribution in [2.45, 2.75) is 45.2 Å². The largest absolute Gasteiger partial charge is 0.349 e. The molecular formula is C25H27N3O4. The van der Waals surface area contributed by atoms with Crippen LogP contribution >= 0.6 is 0 Å². The second-order valence-corrected chi connectivity index (χ2v) is 8.43. The van der Waals surface area contributed by atoms with E-state index in [9.17, 15) is 19.2 Å². The Balaban J connectivity index is 1.29. The third kappa shape index (κ3) is 4.72. The summed E-state index contributed by atoms with van der Waals surface area (Å²) in [7, 11) is 0. The van der Waals surface area contributed by atoms with Crippen molar-refractivity contribution in [1.29, 1.82) is 0 Å². The molecule has 2 aliphatic rings. The summed E-state index contributed by atoms with van der Waals surface area (Å²) in [6.45, 7) is 3.33. The fourth-order valence-corrected chi connectivity index (χ4v) is 4.23. The lowest BCUT2D eigenvalue weighted by Crippen LogP contribution is -2.46. The van der Waals surface area contributed by atoms with Gasteiger partial charge in [0.05, 0.1) is 6.54 Å². The summed E-state index contributed by atoms with van der Waals surface area (Å²) in [5.41, 5.74) is 3.03. The first kappa shape index (κ1) is 21.7. The first-order chi connectivity index (χ1) is 15.4. The summed E-state index contributed by atoms with van der Waals surface area (Å²) in [5, 5.41) is 3.09. The van der Waals surface area contributed by atoms with Gasteiger partial charge in [-0.15, -0.1) is 0 Å². The number of carbonyl (C=O) groups excluding carboxylic acids is 4. The van der Waals surface area contributed by atoms with Crippen molar-refractivity contribution in [3.8, 4) is 0 Å². The number of rotatable bonds is 5. The summed E-state index contributed by atoms with van der Waals surface area (Å²) in [5.74, 6) is -0.410. The lowest BCUT2D eigenvalue weighted by atomic mass is 10.0. The topological polar surface area (TPSA) is 86.8 Å². The van der Waals surface area contributed by atoms with Gasteiger partial charge in [0.15, 0.2) is 0 Å². The number of aryl methyl sites for hydroxylation is 1. The van der Waals surface area contributed by atoms with Gasteiger partial charge in [-0.1, -0.05) is 30.3 Å². The average molecular weight is 434 g/mol. The van der Waals surface area contributed by atoms with Crippen LogP contribution in [0.5, 0.6) is 0 Å². The molecule has 4 rings (SSSR count). The van der Waals surface area contributed by atoms with E-state index in [0.717, 1.165) is 11.1 Å². The van der Waals surface area contributed by atoms with Crippen LogP contribution < -0.4 is 5.32 Å². The maximum Gasteiger partial charge on any atom is 0.253 e. The molecule has 0 radical (unpaired) electrons. The second kappa shape index (κ2) is 9.34. The molecule has 32 heavy (non-hydrogen) atoms. The van der Waals surface area contributed by atoms with Gasteiger partial charge in [-0.05, 0) is 49.1 Å². The highest BCUT2D eigenvalue weighted by molar-refractivity contribution is 6.02. The van der Waals surface area contributed by atoms with Crippen LogP contribution in [0.1, 0.15) is 57.5 Å². The molecular weight excluding hydrogens is 406 g/mol. The van der Waals surface area contributed by atoms with Gasteiger partial charge in [0, 0.05) is 43.1 Å². The zero-order chi connectivity index (χ0) is 22.7. The normalized spacial score (nSPS) is 17.0. The molecule has 2 fully saturated rings. The Morgan fingerprint density at radius 3 is 2.19 bits per heavy atom. The number of nitrogens with one attached hydrogen (secondary N) is 1. The molecule has 4 amide bonds. The van der Waals surface area contributed by atoms with Gasteiger partial charge >= 0.3 is 0 Å². The number of nitrogens with zero attached hydrogens (tertiary/aromatic N) is 2. The van der Waals surface area contributed by atoms with Crippen LogP contribution in [-0.2, 0) is 16.1 Å². The molecule has 7 nitrogen and oxygen atoms in total. The van der Waals surface area contributed by atoms with Crippen molar-refractivity contribution in [1.82, 2.24) is 15.1 Å². The monoisotopic (exact) mass is 433 g/mol. The number of amides is 4. The van der Waals surface area contributed by atoms with E-state index in [4.69, 9.17) is 0 Å². The van der Waals surface area contributed by atoms with Gasteiger partial charge in [0.1, 0.15) is 0 Å². The van der Waals surface area contributed by atoms with E-state index >= 15 is 0 Å². The van der Waals surface area contributed by atoms with E-state index in [-0.39, 0.29) is 49.1 Å². The van der Waals surface area contributed by atoms with E-state index < -0.39 is 0 Å². The van der Waals surface area contributed by atoms with Crippen LogP contribution in [-0.4, -0.2) is 52.6 Å². The van der Waals surface area contributed by atoms with Crippen LogP contribution in [0.4, 0.5) is 0 Å². The van der Waals surface area contributed by atoms with E-state index in [2.05, 4.69) is 5.32 Å². The molecule has 2 aromatic carbocycles. The Hall–Kier alpha value is -3.48. The van der Waals surface area contributed by atoms with Crippen molar-refractivity contribution in [2.75, 3.05) is 13.1 Å². The number of hydrogen-bond acceptors (Lipinski definition) is 4. The quantitative estimate of drug-likeness (QED) is 0.735. The molecule has 1 N–H and O–H groups in total. The van der Waals surface area contributed by atoms with Crippen molar-refractivity contribution >= 4 is 23.6 Å². The molecule has 0 bridgehead atoms.